The number of hydrogen-bond acceptors (Lipinski definition) is 15. The van der Waals surface area contributed by atoms with Crippen LogP contribution in [0.3, 0.4) is 0 Å². The molecule has 0 aromatic carbocycles. The molecule has 42 heavy (non-hydrogen) atoms. The number of nitrogen functional groups attached to an aromatic ring is 1. The van der Waals surface area contributed by atoms with Crippen LogP contribution in [-0.4, -0.2) is 94.9 Å². The van der Waals surface area contributed by atoms with Crippen molar-refractivity contribution in [3.63, 3.8) is 0 Å². The van der Waals surface area contributed by atoms with E-state index in [4.69, 9.17) is 30.0 Å². The standard InChI is InChI=1S/C23H34N9O9P/c24-4-1-2-5-26-17-3-6-31(23(35)30-17)19-8-14(15(9-33)39-19)41-42(36,37)38-10-16-13(34)7-18(40-16)32-12-29-20-21(25)27-11-28-22(20)32/h3,6,11-16,18-19,33-34H,1-2,4-5,7-10,24H2,(H,36,37)(H2,25,27,28)(H,26,30,35). The fourth-order valence-electron chi connectivity index (χ4n) is 4.85. The Hall–Kier alpha value is -3.06. The first-order chi connectivity index (χ1) is 20.2. The Bertz CT molecular complexity index is 1470. The zero-order valence-electron chi connectivity index (χ0n) is 22.5. The Morgan fingerprint density at radius 3 is 2.69 bits per heavy atom. The summed E-state index contributed by atoms with van der Waals surface area (Å²) in [6, 6.07) is 1.60. The maximum Gasteiger partial charge on any atom is 0.472 e. The molecular weight excluding hydrogens is 577 g/mol. The zero-order valence-corrected chi connectivity index (χ0v) is 23.4. The molecule has 0 saturated carbocycles. The lowest BCUT2D eigenvalue weighted by atomic mass is 10.2. The van der Waals surface area contributed by atoms with Gasteiger partial charge in [-0.1, -0.05) is 0 Å². The number of aliphatic hydroxyl groups excluding tert-OH is 2. The highest BCUT2D eigenvalue weighted by Gasteiger charge is 2.43. The molecule has 7 atom stereocenters. The highest BCUT2D eigenvalue weighted by molar-refractivity contribution is 7.47. The third-order valence-corrected chi connectivity index (χ3v) is 8.02. The van der Waals surface area contributed by atoms with Gasteiger partial charge >= 0.3 is 13.5 Å². The van der Waals surface area contributed by atoms with Crippen molar-refractivity contribution in [1.29, 1.82) is 0 Å². The van der Waals surface area contributed by atoms with Crippen molar-refractivity contribution in [2.75, 3.05) is 37.4 Å². The number of phosphoric ester groups is 1. The lowest BCUT2D eigenvalue weighted by Gasteiger charge is -2.21. The van der Waals surface area contributed by atoms with Gasteiger partial charge in [0.05, 0.1) is 25.6 Å². The summed E-state index contributed by atoms with van der Waals surface area (Å²) in [7, 11) is -4.71. The van der Waals surface area contributed by atoms with E-state index in [9.17, 15) is 24.5 Å². The van der Waals surface area contributed by atoms with Crippen molar-refractivity contribution in [2.45, 2.75) is 62.6 Å². The molecule has 0 amide bonds. The zero-order chi connectivity index (χ0) is 29.9. The van der Waals surface area contributed by atoms with Gasteiger partial charge < -0.3 is 41.4 Å². The molecule has 2 aliphatic rings. The summed E-state index contributed by atoms with van der Waals surface area (Å²) >= 11 is 0. The number of phosphoric acid groups is 1. The molecule has 3 aromatic heterocycles. The molecule has 2 saturated heterocycles. The Balaban J connectivity index is 1.16. The molecule has 0 spiro atoms. The summed E-state index contributed by atoms with van der Waals surface area (Å²) in [6.07, 6.45) is 0.300. The molecule has 0 aliphatic carbocycles. The van der Waals surface area contributed by atoms with E-state index in [2.05, 4.69) is 25.3 Å². The van der Waals surface area contributed by atoms with Crippen LogP contribution in [0.25, 0.3) is 11.2 Å². The average molecular weight is 612 g/mol. The van der Waals surface area contributed by atoms with Crippen LogP contribution in [-0.2, 0) is 23.1 Å². The van der Waals surface area contributed by atoms with E-state index in [1.165, 1.54) is 23.4 Å². The van der Waals surface area contributed by atoms with E-state index in [1.54, 1.807) is 10.6 Å². The van der Waals surface area contributed by atoms with Gasteiger partial charge in [0.1, 0.15) is 48.4 Å². The number of aliphatic hydroxyl groups is 2. The Kier molecular flexibility index (Phi) is 9.46. The summed E-state index contributed by atoms with van der Waals surface area (Å²) in [5.74, 6) is 0.585. The Morgan fingerprint density at radius 1 is 1.14 bits per heavy atom. The monoisotopic (exact) mass is 611 g/mol. The number of hydrogen-bond donors (Lipinski definition) is 6. The maximum absolute atomic E-state index is 12.8. The molecule has 8 N–H and O–H groups in total. The molecule has 2 fully saturated rings. The van der Waals surface area contributed by atoms with Crippen LogP contribution in [0.15, 0.2) is 29.7 Å². The summed E-state index contributed by atoms with van der Waals surface area (Å²) in [5.41, 5.74) is 11.5. The number of fused-ring (bicyclic) bond motifs is 1. The van der Waals surface area contributed by atoms with Gasteiger partial charge in [0.15, 0.2) is 11.5 Å². The van der Waals surface area contributed by atoms with Crippen molar-refractivity contribution in [1.82, 2.24) is 29.1 Å². The third kappa shape index (κ3) is 6.77. The van der Waals surface area contributed by atoms with Gasteiger partial charge in [-0.25, -0.2) is 24.3 Å². The maximum atomic E-state index is 12.8. The second kappa shape index (κ2) is 13.1. The smallest absolute Gasteiger partial charge is 0.394 e. The van der Waals surface area contributed by atoms with Crippen LogP contribution in [0.2, 0.25) is 0 Å². The topological polar surface area (TPSA) is 257 Å². The van der Waals surface area contributed by atoms with Crippen molar-refractivity contribution in [3.8, 4) is 0 Å². The number of unbranched alkanes of at least 4 members (excludes halogenated alkanes) is 1. The summed E-state index contributed by atoms with van der Waals surface area (Å²) in [4.78, 5) is 39.2. The number of rotatable bonds is 13. The van der Waals surface area contributed by atoms with Gasteiger partial charge in [-0.3, -0.25) is 18.2 Å². The highest BCUT2D eigenvalue weighted by Crippen LogP contribution is 2.49. The van der Waals surface area contributed by atoms with Gasteiger partial charge in [-0.05, 0) is 25.5 Å². The van der Waals surface area contributed by atoms with Gasteiger partial charge in [0, 0.05) is 25.6 Å². The second-order valence-corrected chi connectivity index (χ2v) is 11.3. The van der Waals surface area contributed by atoms with Crippen molar-refractivity contribution >= 4 is 30.6 Å². The molecule has 7 unspecified atom stereocenters. The summed E-state index contributed by atoms with van der Waals surface area (Å²) < 4.78 is 37.6. The molecule has 3 aromatic rings. The predicted octanol–water partition coefficient (Wildman–Crippen LogP) is -0.753. The number of imidazole rings is 1. The minimum absolute atomic E-state index is 0.0344. The van der Waals surface area contributed by atoms with E-state index < -0.39 is 63.6 Å². The number of anilines is 2. The lowest BCUT2D eigenvalue weighted by molar-refractivity contribution is -0.0564. The first-order valence-corrected chi connectivity index (χ1v) is 14.9. The summed E-state index contributed by atoms with van der Waals surface area (Å²) in [5, 5.41) is 23.3. The molecule has 19 heteroatoms. The SMILES string of the molecule is NCCCCNc1ccn(C2CC(OP(=O)(O)OCC3OC(n4cnc5c(N)ncnc54)CC3O)C(CO)O2)c(=O)n1. The largest absolute Gasteiger partial charge is 0.472 e. The van der Waals surface area contributed by atoms with Crippen molar-refractivity contribution < 1.29 is 38.2 Å². The van der Waals surface area contributed by atoms with Crippen LogP contribution in [0.1, 0.15) is 38.1 Å². The van der Waals surface area contributed by atoms with Crippen molar-refractivity contribution in [3.05, 3.63) is 35.4 Å². The number of nitrogens with one attached hydrogen (secondary N) is 1. The minimum Gasteiger partial charge on any atom is -0.394 e. The first-order valence-electron chi connectivity index (χ1n) is 13.4. The van der Waals surface area contributed by atoms with E-state index >= 15 is 0 Å². The van der Waals surface area contributed by atoms with Gasteiger partial charge in [-0.2, -0.15) is 4.98 Å². The quantitative estimate of drug-likeness (QED) is 0.103. The van der Waals surface area contributed by atoms with Crippen LogP contribution in [0.5, 0.6) is 0 Å². The van der Waals surface area contributed by atoms with E-state index in [0.29, 0.717) is 30.1 Å². The first kappa shape index (κ1) is 30.4. The van der Waals surface area contributed by atoms with Gasteiger partial charge in [0.25, 0.3) is 0 Å². The molecule has 0 radical (unpaired) electrons. The molecule has 2 aliphatic heterocycles. The fourth-order valence-corrected chi connectivity index (χ4v) is 5.81. The molecule has 0 bridgehead atoms. The minimum atomic E-state index is -4.71. The van der Waals surface area contributed by atoms with E-state index in [-0.39, 0.29) is 18.7 Å². The average Bonchev–Trinajstić information content (AvgIpc) is 3.67. The third-order valence-electron chi connectivity index (χ3n) is 7.01. The molecule has 230 valence electrons. The normalized spacial score (nSPS) is 27.4. The summed E-state index contributed by atoms with van der Waals surface area (Å²) in [6.45, 7) is 0.169. The van der Waals surface area contributed by atoms with E-state index in [1.807, 2.05) is 0 Å². The van der Waals surface area contributed by atoms with Crippen molar-refractivity contribution in [2.24, 2.45) is 5.73 Å². The fraction of sp³-hybridized carbons (Fsp3) is 0.609. The Morgan fingerprint density at radius 2 is 1.93 bits per heavy atom. The highest BCUT2D eigenvalue weighted by atomic mass is 31.2. The number of nitrogens with two attached hydrogens (primary N) is 2. The number of ether oxygens (including phenoxy) is 2. The number of aromatic nitrogens is 6. The molecule has 18 nitrogen and oxygen atoms in total. The second-order valence-electron chi connectivity index (χ2n) is 9.90. The predicted molar refractivity (Wildman–Crippen MR) is 146 cm³/mol. The molecular formula is C23H34N9O9P. The number of nitrogens with zero attached hydrogens (tertiary/aromatic N) is 6. The van der Waals surface area contributed by atoms with Crippen LogP contribution in [0, 0.1) is 0 Å². The molecule has 5 rings (SSSR count). The lowest BCUT2D eigenvalue weighted by Crippen LogP contribution is -2.29. The van der Waals surface area contributed by atoms with Crippen LogP contribution in [0.4, 0.5) is 11.6 Å². The van der Waals surface area contributed by atoms with Crippen LogP contribution < -0.4 is 22.5 Å². The van der Waals surface area contributed by atoms with Gasteiger partial charge in [-0.15, -0.1) is 0 Å². The van der Waals surface area contributed by atoms with Crippen LogP contribution >= 0.6 is 7.82 Å². The Labute approximate surface area is 239 Å². The van der Waals surface area contributed by atoms with Gasteiger partial charge in [0.2, 0.25) is 0 Å². The van der Waals surface area contributed by atoms with E-state index in [0.717, 1.165) is 12.8 Å². The molecule has 5 heterocycles.